The van der Waals surface area contributed by atoms with Crippen LogP contribution in [0.5, 0.6) is 0 Å². The number of hydrogen-bond donors (Lipinski definition) is 2. The summed E-state index contributed by atoms with van der Waals surface area (Å²) < 4.78 is 0. The molecule has 0 unspecified atom stereocenters. The number of benzene rings is 1. The third kappa shape index (κ3) is 3.58. The molecule has 0 aliphatic carbocycles. The van der Waals surface area contributed by atoms with Gasteiger partial charge < -0.3 is 10.6 Å². The zero-order chi connectivity index (χ0) is 12.9. The van der Waals surface area contributed by atoms with E-state index in [2.05, 4.69) is 16.7 Å². The molecule has 0 spiro atoms. The second-order valence-electron chi connectivity index (χ2n) is 4.37. The summed E-state index contributed by atoms with van der Waals surface area (Å²) in [6.07, 6.45) is 0. The van der Waals surface area contributed by atoms with Gasteiger partial charge in [0, 0.05) is 6.54 Å². The van der Waals surface area contributed by atoms with Crippen molar-refractivity contribution in [3.8, 4) is 6.07 Å². The monoisotopic (exact) mass is 231 g/mol. The SMILES string of the molecule is CNC(C)(C)C(=O)NCc1ccc(C#N)cc1. The summed E-state index contributed by atoms with van der Waals surface area (Å²) in [7, 11) is 1.75. The van der Waals surface area contributed by atoms with Crippen molar-refractivity contribution in [3.63, 3.8) is 0 Å². The molecule has 2 N–H and O–H groups in total. The Bertz CT molecular complexity index is 429. The topological polar surface area (TPSA) is 64.9 Å². The van der Waals surface area contributed by atoms with E-state index in [1.54, 1.807) is 19.2 Å². The molecule has 4 heteroatoms. The van der Waals surface area contributed by atoms with E-state index in [4.69, 9.17) is 5.26 Å². The van der Waals surface area contributed by atoms with Crippen LogP contribution in [0.1, 0.15) is 25.0 Å². The first-order valence-electron chi connectivity index (χ1n) is 5.46. The Morgan fingerprint density at radius 1 is 1.35 bits per heavy atom. The van der Waals surface area contributed by atoms with Gasteiger partial charge in [-0.25, -0.2) is 0 Å². The van der Waals surface area contributed by atoms with Crippen LogP contribution in [-0.2, 0) is 11.3 Å². The summed E-state index contributed by atoms with van der Waals surface area (Å²) in [4.78, 5) is 11.8. The van der Waals surface area contributed by atoms with Gasteiger partial charge in [-0.3, -0.25) is 4.79 Å². The lowest BCUT2D eigenvalue weighted by Crippen LogP contribution is -2.50. The standard InChI is InChI=1S/C13H17N3O/c1-13(2,15-3)12(17)16-9-11-6-4-10(8-14)5-7-11/h4-7,15H,9H2,1-3H3,(H,16,17). The lowest BCUT2D eigenvalue weighted by atomic mass is 10.0. The largest absolute Gasteiger partial charge is 0.350 e. The number of likely N-dealkylation sites (N-methyl/N-ethyl adjacent to an activating group) is 1. The summed E-state index contributed by atoms with van der Waals surface area (Å²) in [5.41, 5.74) is 1.02. The molecule has 17 heavy (non-hydrogen) atoms. The Labute approximate surface area is 102 Å². The van der Waals surface area contributed by atoms with Gasteiger partial charge in [-0.1, -0.05) is 12.1 Å². The van der Waals surface area contributed by atoms with Crippen molar-refractivity contribution in [1.29, 1.82) is 5.26 Å². The van der Waals surface area contributed by atoms with Crippen molar-refractivity contribution in [3.05, 3.63) is 35.4 Å². The molecule has 0 radical (unpaired) electrons. The Kier molecular flexibility index (Phi) is 4.24. The Hall–Kier alpha value is -1.86. The van der Waals surface area contributed by atoms with Crippen LogP contribution in [0.2, 0.25) is 0 Å². The van der Waals surface area contributed by atoms with Crippen molar-refractivity contribution >= 4 is 5.91 Å². The van der Waals surface area contributed by atoms with Gasteiger partial charge in [0.1, 0.15) is 0 Å². The summed E-state index contributed by atoms with van der Waals surface area (Å²) in [6, 6.07) is 9.21. The average Bonchev–Trinajstić information content (AvgIpc) is 2.36. The van der Waals surface area contributed by atoms with Crippen molar-refractivity contribution in [2.75, 3.05) is 7.05 Å². The second-order valence-corrected chi connectivity index (χ2v) is 4.37. The average molecular weight is 231 g/mol. The third-order valence-corrected chi connectivity index (χ3v) is 2.73. The molecule has 0 atom stereocenters. The number of amides is 1. The molecule has 1 rings (SSSR count). The van der Waals surface area contributed by atoms with Crippen LogP contribution in [0.25, 0.3) is 0 Å². The van der Waals surface area contributed by atoms with Crippen molar-refractivity contribution in [1.82, 2.24) is 10.6 Å². The van der Waals surface area contributed by atoms with E-state index in [9.17, 15) is 4.79 Å². The van der Waals surface area contributed by atoms with E-state index in [1.807, 2.05) is 26.0 Å². The van der Waals surface area contributed by atoms with Crippen molar-refractivity contribution in [2.24, 2.45) is 0 Å². The molecule has 0 heterocycles. The van der Waals surface area contributed by atoms with Crippen molar-refractivity contribution < 1.29 is 4.79 Å². The lowest BCUT2D eigenvalue weighted by Gasteiger charge is -2.22. The maximum absolute atomic E-state index is 11.8. The molecule has 0 aromatic heterocycles. The molecule has 0 aliphatic heterocycles. The fourth-order valence-electron chi connectivity index (χ4n) is 1.21. The fourth-order valence-corrected chi connectivity index (χ4v) is 1.21. The predicted octanol–water partition coefficient (Wildman–Crippen LogP) is 1.17. The van der Waals surface area contributed by atoms with E-state index in [1.165, 1.54) is 0 Å². The van der Waals surface area contributed by atoms with Crippen LogP contribution in [-0.4, -0.2) is 18.5 Å². The Balaban J connectivity index is 2.56. The second kappa shape index (κ2) is 5.46. The highest BCUT2D eigenvalue weighted by atomic mass is 16.2. The Morgan fingerprint density at radius 3 is 2.41 bits per heavy atom. The van der Waals surface area contributed by atoms with Gasteiger partial charge in [0.25, 0.3) is 0 Å². The minimum atomic E-state index is -0.577. The van der Waals surface area contributed by atoms with E-state index >= 15 is 0 Å². The number of rotatable bonds is 4. The molecular weight excluding hydrogens is 214 g/mol. The third-order valence-electron chi connectivity index (χ3n) is 2.73. The summed E-state index contributed by atoms with van der Waals surface area (Å²) in [6.45, 7) is 4.11. The smallest absolute Gasteiger partial charge is 0.239 e. The van der Waals surface area contributed by atoms with E-state index < -0.39 is 5.54 Å². The van der Waals surface area contributed by atoms with Crippen molar-refractivity contribution in [2.45, 2.75) is 25.9 Å². The molecular formula is C13H17N3O. The van der Waals surface area contributed by atoms with Gasteiger partial charge in [-0.15, -0.1) is 0 Å². The molecule has 90 valence electrons. The van der Waals surface area contributed by atoms with E-state index in [0.717, 1.165) is 5.56 Å². The van der Waals surface area contributed by atoms with Gasteiger partial charge >= 0.3 is 0 Å². The maximum atomic E-state index is 11.8. The number of nitriles is 1. The molecule has 1 amide bonds. The zero-order valence-electron chi connectivity index (χ0n) is 10.4. The minimum Gasteiger partial charge on any atom is -0.350 e. The van der Waals surface area contributed by atoms with Gasteiger partial charge in [0.15, 0.2) is 0 Å². The van der Waals surface area contributed by atoms with E-state index in [-0.39, 0.29) is 5.91 Å². The van der Waals surface area contributed by atoms with E-state index in [0.29, 0.717) is 12.1 Å². The van der Waals surface area contributed by atoms with Crippen LogP contribution < -0.4 is 10.6 Å². The highest BCUT2D eigenvalue weighted by Crippen LogP contribution is 2.05. The van der Waals surface area contributed by atoms with Gasteiger partial charge in [-0.2, -0.15) is 5.26 Å². The van der Waals surface area contributed by atoms with Gasteiger partial charge in [0.2, 0.25) is 5.91 Å². The number of hydrogen-bond acceptors (Lipinski definition) is 3. The predicted molar refractivity (Wildman–Crippen MR) is 66.1 cm³/mol. The molecule has 0 fully saturated rings. The summed E-state index contributed by atoms with van der Waals surface area (Å²) in [5.74, 6) is -0.0515. The maximum Gasteiger partial charge on any atom is 0.239 e. The van der Waals surface area contributed by atoms with Crippen LogP contribution in [0.15, 0.2) is 24.3 Å². The van der Waals surface area contributed by atoms with Gasteiger partial charge in [0.05, 0.1) is 17.2 Å². The van der Waals surface area contributed by atoms with Crippen LogP contribution in [0, 0.1) is 11.3 Å². The molecule has 0 saturated heterocycles. The summed E-state index contributed by atoms with van der Waals surface area (Å²) >= 11 is 0. The highest BCUT2D eigenvalue weighted by molar-refractivity contribution is 5.85. The van der Waals surface area contributed by atoms with Gasteiger partial charge in [-0.05, 0) is 38.6 Å². The number of carbonyl (C=O) groups excluding carboxylic acids is 1. The lowest BCUT2D eigenvalue weighted by molar-refractivity contribution is -0.126. The molecule has 1 aromatic carbocycles. The first-order valence-corrected chi connectivity index (χ1v) is 5.46. The highest BCUT2D eigenvalue weighted by Gasteiger charge is 2.24. The normalized spacial score (nSPS) is 10.7. The number of nitrogens with zero attached hydrogens (tertiary/aromatic N) is 1. The first kappa shape index (κ1) is 13.2. The molecule has 0 bridgehead atoms. The first-order chi connectivity index (χ1) is 7.99. The molecule has 0 saturated carbocycles. The van der Waals surface area contributed by atoms with Crippen LogP contribution >= 0.6 is 0 Å². The molecule has 1 aromatic rings. The zero-order valence-corrected chi connectivity index (χ0v) is 10.4. The quantitative estimate of drug-likeness (QED) is 0.817. The minimum absolute atomic E-state index is 0.0515. The van der Waals surface area contributed by atoms with Crippen LogP contribution in [0.4, 0.5) is 0 Å². The summed E-state index contributed by atoms with van der Waals surface area (Å²) in [5, 5.41) is 14.4. The Morgan fingerprint density at radius 2 is 1.94 bits per heavy atom. The molecule has 4 nitrogen and oxygen atoms in total. The molecule has 0 aliphatic rings. The number of nitrogens with one attached hydrogen (secondary N) is 2. The van der Waals surface area contributed by atoms with Crippen LogP contribution in [0.3, 0.4) is 0 Å². The number of carbonyl (C=O) groups is 1. The fraction of sp³-hybridized carbons (Fsp3) is 0.385.